The minimum Gasteiger partial charge on any atom is -0.439 e. The van der Waals surface area contributed by atoms with E-state index in [0.29, 0.717) is 24.7 Å². The zero-order valence-corrected chi connectivity index (χ0v) is 11.3. The smallest absolute Gasteiger partial charge is 0.315 e. The molecule has 0 bridgehead atoms. The maximum atomic E-state index is 11.4. The van der Waals surface area contributed by atoms with Crippen molar-refractivity contribution in [1.29, 1.82) is 0 Å². The van der Waals surface area contributed by atoms with Crippen LogP contribution in [0.25, 0.3) is 0 Å². The number of pyridine rings is 1. The molecule has 1 aromatic carbocycles. The number of rotatable bonds is 5. The number of aromatic nitrogens is 1. The highest BCUT2D eigenvalue weighted by Gasteiger charge is 2.07. The van der Waals surface area contributed by atoms with E-state index >= 15 is 0 Å². The summed E-state index contributed by atoms with van der Waals surface area (Å²) in [5, 5.41) is 5.43. The Morgan fingerprint density at radius 2 is 1.95 bits per heavy atom. The van der Waals surface area contributed by atoms with Crippen LogP contribution in [0.15, 0.2) is 48.7 Å². The summed E-state index contributed by atoms with van der Waals surface area (Å²) in [6.07, 6.45) is 1.66. The molecule has 2 aromatic rings. The van der Waals surface area contributed by atoms with E-state index in [-0.39, 0.29) is 6.03 Å². The third kappa shape index (κ3) is 3.98. The van der Waals surface area contributed by atoms with E-state index in [2.05, 4.69) is 15.6 Å². The quantitative estimate of drug-likeness (QED) is 0.878. The van der Waals surface area contributed by atoms with E-state index in [1.54, 1.807) is 6.20 Å². The molecule has 2 N–H and O–H groups in total. The number of hydrogen-bond donors (Lipinski definition) is 2. The Morgan fingerprint density at radius 1 is 1.15 bits per heavy atom. The molecule has 5 heteroatoms. The fraction of sp³-hybridized carbons (Fsp3) is 0.200. The molecule has 0 aliphatic heterocycles. The van der Waals surface area contributed by atoms with Crippen molar-refractivity contribution in [3.05, 3.63) is 54.2 Å². The van der Waals surface area contributed by atoms with Crippen LogP contribution in [-0.4, -0.2) is 17.6 Å². The topological polar surface area (TPSA) is 63.2 Å². The number of nitrogens with one attached hydrogen (secondary N) is 2. The van der Waals surface area contributed by atoms with Crippen LogP contribution in [0.4, 0.5) is 4.79 Å². The first kappa shape index (κ1) is 13.9. The van der Waals surface area contributed by atoms with Crippen molar-refractivity contribution >= 4 is 6.03 Å². The van der Waals surface area contributed by atoms with E-state index in [1.165, 1.54) is 0 Å². The molecule has 20 heavy (non-hydrogen) atoms. The van der Waals surface area contributed by atoms with Gasteiger partial charge < -0.3 is 15.4 Å². The van der Waals surface area contributed by atoms with Gasteiger partial charge in [0, 0.05) is 24.8 Å². The summed E-state index contributed by atoms with van der Waals surface area (Å²) in [7, 11) is 0. The Labute approximate surface area is 118 Å². The van der Waals surface area contributed by atoms with Gasteiger partial charge in [-0.3, -0.25) is 0 Å². The molecular formula is C15H17N3O2. The number of amides is 2. The minimum atomic E-state index is -0.206. The van der Waals surface area contributed by atoms with Crippen molar-refractivity contribution in [1.82, 2.24) is 15.6 Å². The van der Waals surface area contributed by atoms with Crippen molar-refractivity contribution in [2.75, 3.05) is 6.54 Å². The average molecular weight is 271 g/mol. The second-order valence-corrected chi connectivity index (χ2v) is 4.10. The largest absolute Gasteiger partial charge is 0.439 e. The van der Waals surface area contributed by atoms with Crippen LogP contribution in [0.3, 0.4) is 0 Å². The molecule has 2 rings (SSSR count). The molecule has 1 heterocycles. The number of carbonyl (C=O) groups excluding carboxylic acids is 1. The minimum absolute atomic E-state index is 0.206. The van der Waals surface area contributed by atoms with Crippen LogP contribution in [0.1, 0.15) is 12.5 Å². The summed E-state index contributed by atoms with van der Waals surface area (Å²) >= 11 is 0. The lowest BCUT2D eigenvalue weighted by molar-refractivity contribution is 0.241. The average Bonchev–Trinajstić information content (AvgIpc) is 2.48. The van der Waals surface area contributed by atoms with Crippen LogP contribution < -0.4 is 15.4 Å². The van der Waals surface area contributed by atoms with Crippen molar-refractivity contribution in [2.45, 2.75) is 13.5 Å². The SMILES string of the molecule is CCNC(=O)NCc1cccnc1Oc1ccccc1. The van der Waals surface area contributed by atoms with Crippen molar-refractivity contribution in [3.63, 3.8) is 0 Å². The van der Waals surface area contributed by atoms with Gasteiger partial charge in [-0.2, -0.15) is 0 Å². The molecule has 5 nitrogen and oxygen atoms in total. The number of carbonyl (C=O) groups is 1. The van der Waals surface area contributed by atoms with E-state index in [1.807, 2.05) is 49.4 Å². The van der Waals surface area contributed by atoms with Gasteiger partial charge >= 0.3 is 6.03 Å². The van der Waals surface area contributed by atoms with Gasteiger partial charge in [0.15, 0.2) is 0 Å². The Balaban J connectivity index is 2.04. The summed E-state index contributed by atoms with van der Waals surface area (Å²) in [4.78, 5) is 15.6. The summed E-state index contributed by atoms with van der Waals surface area (Å²) < 4.78 is 5.72. The van der Waals surface area contributed by atoms with E-state index in [4.69, 9.17) is 4.74 Å². The lowest BCUT2D eigenvalue weighted by atomic mass is 10.2. The first-order valence-electron chi connectivity index (χ1n) is 6.48. The molecule has 0 saturated heterocycles. The highest BCUT2D eigenvalue weighted by molar-refractivity contribution is 5.73. The van der Waals surface area contributed by atoms with E-state index < -0.39 is 0 Å². The maximum Gasteiger partial charge on any atom is 0.315 e. The Morgan fingerprint density at radius 3 is 2.70 bits per heavy atom. The molecule has 0 aliphatic rings. The molecule has 0 aliphatic carbocycles. The zero-order valence-electron chi connectivity index (χ0n) is 11.3. The Kier molecular flexibility index (Phi) is 4.94. The third-order valence-electron chi connectivity index (χ3n) is 2.58. The van der Waals surface area contributed by atoms with Gasteiger partial charge in [0.05, 0.1) is 0 Å². The molecule has 0 atom stereocenters. The first-order chi connectivity index (χ1) is 9.79. The molecule has 0 unspecified atom stereocenters. The van der Waals surface area contributed by atoms with Gasteiger partial charge in [0.25, 0.3) is 0 Å². The van der Waals surface area contributed by atoms with Crippen molar-refractivity contribution in [2.24, 2.45) is 0 Å². The van der Waals surface area contributed by atoms with Crippen molar-refractivity contribution in [3.8, 4) is 11.6 Å². The first-order valence-corrected chi connectivity index (χ1v) is 6.48. The van der Waals surface area contributed by atoms with Crippen LogP contribution in [-0.2, 0) is 6.54 Å². The highest BCUT2D eigenvalue weighted by atomic mass is 16.5. The molecule has 0 radical (unpaired) electrons. The standard InChI is InChI=1S/C15H17N3O2/c1-2-16-15(19)18-11-12-7-6-10-17-14(12)20-13-8-4-3-5-9-13/h3-10H,2,11H2,1H3,(H2,16,18,19). The van der Waals surface area contributed by atoms with Crippen LogP contribution in [0.5, 0.6) is 11.6 Å². The van der Waals surface area contributed by atoms with Gasteiger partial charge in [-0.1, -0.05) is 24.3 Å². The van der Waals surface area contributed by atoms with Crippen LogP contribution in [0, 0.1) is 0 Å². The van der Waals surface area contributed by atoms with Gasteiger partial charge in [0.2, 0.25) is 5.88 Å². The molecule has 1 aromatic heterocycles. The number of nitrogens with zero attached hydrogens (tertiary/aromatic N) is 1. The van der Waals surface area contributed by atoms with E-state index in [9.17, 15) is 4.79 Å². The molecule has 104 valence electrons. The molecule has 0 fully saturated rings. The maximum absolute atomic E-state index is 11.4. The van der Waals surface area contributed by atoms with Crippen LogP contribution >= 0.6 is 0 Å². The Bertz CT molecular complexity index is 558. The summed E-state index contributed by atoms with van der Waals surface area (Å²) in [6.45, 7) is 2.82. The number of benzene rings is 1. The van der Waals surface area contributed by atoms with Gasteiger partial charge in [-0.05, 0) is 25.1 Å². The summed E-state index contributed by atoms with van der Waals surface area (Å²) in [5.74, 6) is 1.21. The van der Waals surface area contributed by atoms with Gasteiger partial charge in [-0.25, -0.2) is 9.78 Å². The summed E-state index contributed by atoms with van der Waals surface area (Å²) in [5.41, 5.74) is 0.822. The number of para-hydroxylation sites is 1. The molecule has 0 saturated carbocycles. The third-order valence-corrected chi connectivity index (χ3v) is 2.58. The lowest BCUT2D eigenvalue weighted by Crippen LogP contribution is -2.34. The Hall–Kier alpha value is -2.56. The zero-order chi connectivity index (χ0) is 14.2. The fourth-order valence-corrected chi connectivity index (χ4v) is 1.65. The normalized spacial score (nSPS) is 9.85. The second-order valence-electron chi connectivity index (χ2n) is 4.10. The van der Waals surface area contributed by atoms with Crippen LogP contribution in [0.2, 0.25) is 0 Å². The summed E-state index contributed by atoms with van der Waals surface area (Å²) in [6, 6.07) is 12.9. The highest BCUT2D eigenvalue weighted by Crippen LogP contribution is 2.22. The number of hydrogen-bond acceptors (Lipinski definition) is 3. The second kappa shape index (κ2) is 7.13. The number of urea groups is 1. The van der Waals surface area contributed by atoms with Gasteiger partial charge in [0.1, 0.15) is 5.75 Å². The predicted molar refractivity (Wildman–Crippen MR) is 76.7 cm³/mol. The van der Waals surface area contributed by atoms with E-state index in [0.717, 1.165) is 5.56 Å². The van der Waals surface area contributed by atoms with Gasteiger partial charge in [-0.15, -0.1) is 0 Å². The lowest BCUT2D eigenvalue weighted by Gasteiger charge is -2.10. The molecular weight excluding hydrogens is 254 g/mol. The van der Waals surface area contributed by atoms with Crippen molar-refractivity contribution < 1.29 is 9.53 Å². The number of ether oxygens (including phenoxy) is 1. The molecule has 0 spiro atoms. The fourth-order valence-electron chi connectivity index (χ4n) is 1.65. The predicted octanol–water partition coefficient (Wildman–Crippen LogP) is 2.69. The molecule has 2 amide bonds. The monoisotopic (exact) mass is 271 g/mol.